The van der Waals surface area contributed by atoms with E-state index >= 15 is 0 Å². The van der Waals surface area contributed by atoms with E-state index in [0.29, 0.717) is 0 Å². The quantitative estimate of drug-likeness (QED) is 0.483. The molecule has 0 aliphatic carbocycles. The Balaban J connectivity index is 1.66. The molecule has 0 saturated carbocycles. The lowest BCUT2D eigenvalue weighted by Crippen LogP contribution is -2.52. The lowest BCUT2D eigenvalue weighted by Gasteiger charge is -2.34. The van der Waals surface area contributed by atoms with E-state index in [9.17, 15) is 0 Å². The monoisotopic (exact) mass is 385 g/mol. The van der Waals surface area contributed by atoms with Gasteiger partial charge < -0.3 is 5.32 Å². The van der Waals surface area contributed by atoms with Crippen LogP contribution in [-0.4, -0.2) is 14.6 Å². The molecular formula is C25H29N2Si+. The number of benzene rings is 2. The molecule has 1 N–H and O–H groups in total. The van der Waals surface area contributed by atoms with E-state index in [1.807, 2.05) is 0 Å². The van der Waals surface area contributed by atoms with Gasteiger partial charge in [0.05, 0.1) is 13.8 Å². The molecule has 3 heterocycles. The van der Waals surface area contributed by atoms with Crippen LogP contribution in [0.3, 0.4) is 0 Å². The Kier molecular flexibility index (Phi) is 4.35. The molecular weight excluding hydrogens is 356 g/mol. The molecule has 1 saturated heterocycles. The average molecular weight is 386 g/mol. The van der Waals surface area contributed by atoms with Gasteiger partial charge in [-0.25, -0.2) is 0 Å². The standard InChI is InChI=1S/C25H29N2Si/c1-19-10-11-21(20-8-4-3-5-9-20)16-22(19)24-17-25-23(18-27(24)2)26-12-15-28(25)13-6-7-14-28/h3-5,8-11,16-18,26H,6-7,12-15H2,1-2H3/q+1. The molecule has 142 valence electrons. The largest absolute Gasteiger partial charge is 0.381 e. The topological polar surface area (TPSA) is 15.9 Å². The highest BCUT2D eigenvalue weighted by Gasteiger charge is 2.43. The maximum absolute atomic E-state index is 3.70. The molecule has 2 nitrogen and oxygen atoms in total. The van der Waals surface area contributed by atoms with Crippen LogP contribution in [0.5, 0.6) is 0 Å². The average Bonchev–Trinajstić information content (AvgIpc) is 3.18. The second-order valence-electron chi connectivity index (χ2n) is 8.66. The van der Waals surface area contributed by atoms with E-state index in [4.69, 9.17) is 0 Å². The third-order valence-electron chi connectivity index (χ3n) is 6.95. The number of hydrogen-bond acceptors (Lipinski definition) is 1. The third kappa shape index (κ3) is 2.89. The van der Waals surface area contributed by atoms with Gasteiger partial charge in [0.1, 0.15) is 7.05 Å². The van der Waals surface area contributed by atoms with E-state index in [1.54, 1.807) is 5.19 Å². The summed E-state index contributed by atoms with van der Waals surface area (Å²) in [5.74, 6) is 0. The molecule has 1 aromatic heterocycles. The lowest BCUT2D eigenvalue weighted by molar-refractivity contribution is -0.659. The Morgan fingerprint density at radius 3 is 2.46 bits per heavy atom. The lowest BCUT2D eigenvalue weighted by atomic mass is 9.97. The number of hydrogen-bond donors (Lipinski definition) is 1. The zero-order chi connectivity index (χ0) is 19.1. The molecule has 1 fully saturated rings. The molecule has 0 bridgehead atoms. The molecule has 2 aliphatic heterocycles. The fourth-order valence-corrected chi connectivity index (χ4v) is 10.5. The Bertz CT molecular complexity index is 1020. The third-order valence-corrected chi connectivity index (χ3v) is 12.3. The van der Waals surface area contributed by atoms with Gasteiger partial charge in [-0.1, -0.05) is 67.4 Å². The molecule has 1 spiro atoms. The van der Waals surface area contributed by atoms with Crippen LogP contribution < -0.4 is 15.1 Å². The summed E-state index contributed by atoms with van der Waals surface area (Å²) in [4.78, 5) is 0. The van der Waals surface area contributed by atoms with E-state index in [0.717, 1.165) is 0 Å². The van der Waals surface area contributed by atoms with Gasteiger partial charge in [0.25, 0.3) is 0 Å². The minimum atomic E-state index is -1.30. The highest BCUT2D eigenvalue weighted by molar-refractivity contribution is 6.93. The molecule has 3 heteroatoms. The van der Waals surface area contributed by atoms with Crippen molar-refractivity contribution in [2.24, 2.45) is 7.05 Å². The molecule has 2 aromatic carbocycles. The fourth-order valence-electron chi connectivity index (χ4n) is 5.35. The summed E-state index contributed by atoms with van der Waals surface area (Å²) in [6, 6.07) is 24.6. The summed E-state index contributed by atoms with van der Waals surface area (Å²) in [6.07, 6.45) is 5.22. The number of fused-ring (bicyclic) bond motifs is 2. The van der Waals surface area contributed by atoms with Crippen molar-refractivity contribution in [2.45, 2.75) is 37.9 Å². The molecule has 5 rings (SSSR count). The van der Waals surface area contributed by atoms with Crippen LogP contribution in [0.1, 0.15) is 18.4 Å². The van der Waals surface area contributed by atoms with Crippen molar-refractivity contribution in [3.63, 3.8) is 0 Å². The van der Waals surface area contributed by atoms with Gasteiger partial charge in [0, 0.05) is 18.2 Å². The highest BCUT2D eigenvalue weighted by atomic mass is 28.3. The first-order chi connectivity index (χ1) is 13.7. The molecule has 28 heavy (non-hydrogen) atoms. The molecule has 0 unspecified atom stereocenters. The summed E-state index contributed by atoms with van der Waals surface area (Å²) < 4.78 is 2.32. The minimum absolute atomic E-state index is 1.17. The van der Waals surface area contributed by atoms with Crippen molar-refractivity contribution in [3.05, 3.63) is 66.4 Å². The van der Waals surface area contributed by atoms with Gasteiger partial charge in [-0.2, -0.15) is 4.57 Å². The van der Waals surface area contributed by atoms with Crippen molar-refractivity contribution in [1.29, 1.82) is 0 Å². The SMILES string of the molecule is Cc1ccc(-c2ccccc2)cc1-c1cc2c(c[n+]1C)NCC[Si]21CCCC1. The Morgan fingerprint density at radius 1 is 0.893 bits per heavy atom. The van der Waals surface area contributed by atoms with Crippen molar-refractivity contribution in [2.75, 3.05) is 11.9 Å². The van der Waals surface area contributed by atoms with Crippen molar-refractivity contribution in [3.8, 4) is 22.4 Å². The molecule has 2 aliphatic rings. The first kappa shape index (κ1) is 17.7. The summed E-state index contributed by atoms with van der Waals surface area (Å²) in [7, 11) is 0.900. The van der Waals surface area contributed by atoms with E-state index in [1.165, 1.54) is 71.2 Å². The van der Waals surface area contributed by atoms with Crippen molar-refractivity contribution < 1.29 is 4.57 Å². The number of aromatic nitrogens is 1. The minimum Gasteiger partial charge on any atom is -0.381 e. The van der Waals surface area contributed by atoms with E-state index in [2.05, 4.69) is 84.6 Å². The summed E-state index contributed by atoms with van der Waals surface area (Å²) in [5, 5.41) is 5.39. The first-order valence-electron chi connectivity index (χ1n) is 10.6. The number of pyridine rings is 1. The normalized spacial score (nSPS) is 17.4. The molecule has 0 atom stereocenters. The number of nitrogens with one attached hydrogen (secondary N) is 1. The van der Waals surface area contributed by atoms with Gasteiger partial charge in [-0.05, 0) is 40.9 Å². The number of anilines is 1. The van der Waals surface area contributed by atoms with Gasteiger partial charge in [0.2, 0.25) is 5.69 Å². The first-order valence-corrected chi connectivity index (χ1v) is 13.2. The van der Waals surface area contributed by atoms with Crippen LogP contribution in [0.4, 0.5) is 5.69 Å². The van der Waals surface area contributed by atoms with Crippen LogP contribution in [0.2, 0.25) is 18.1 Å². The Hall–Kier alpha value is -2.39. The van der Waals surface area contributed by atoms with Crippen LogP contribution in [0.25, 0.3) is 22.4 Å². The van der Waals surface area contributed by atoms with E-state index < -0.39 is 8.07 Å². The molecule has 3 aromatic rings. The maximum Gasteiger partial charge on any atom is 0.212 e. The number of aryl methyl sites for hydroxylation is 2. The van der Waals surface area contributed by atoms with Gasteiger partial charge in [-0.15, -0.1) is 0 Å². The predicted molar refractivity (Wildman–Crippen MR) is 121 cm³/mol. The van der Waals surface area contributed by atoms with Crippen molar-refractivity contribution in [1.82, 2.24) is 0 Å². The van der Waals surface area contributed by atoms with Gasteiger partial charge >= 0.3 is 0 Å². The van der Waals surface area contributed by atoms with Crippen molar-refractivity contribution >= 4 is 18.9 Å². The number of nitrogens with zero attached hydrogens (tertiary/aromatic N) is 1. The van der Waals surface area contributed by atoms with Crippen LogP contribution in [0, 0.1) is 6.92 Å². The fraction of sp³-hybridized carbons (Fsp3) is 0.320. The van der Waals surface area contributed by atoms with Crippen LogP contribution in [0.15, 0.2) is 60.8 Å². The maximum atomic E-state index is 3.70. The van der Waals surface area contributed by atoms with Gasteiger partial charge in [0.15, 0.2) is 6.20 Å². The van der Waals surface area contributed by atoms with Crippen LogP contribution in [-0.2, 0) is 7.05 Å². The Labute approximate surface area is 169 Å². The van der Waals surface area contributed by atoms with E-state index in [-0.39, 0.29) is 0 Å². The summed E-state index contributed by atoms with van der Waals surface area (Å²) in [6.45, 7) is 3.41. The van der Waals surface area contributed by atoms with Gasteiger partial charge in [-0.3, -0.25) is 0 Å². The molecule has 0 amide bonds. The molecule has 0 radical (unpaired) electrons. The smallest absolute Gasteiger partial charge is 0.212 e. The Morgan fingerprint density at radius 2 is 1.68 bits per heavy atom. The zero-order valence-corrected chi connectivity index (χ0v) is 18.0. The zero-order valence-electron chi connectivity index (χ0n) is 17.0. The summed E-state index contributed by atoms with van der Waals surface area (Å²) >= 11 is 0. The van der Waals surface area contributed by atoms with Crippen LogP contribution >= 0.6 is 0 Å². The second kappa shape index (κ2) is 6.89. The summed E-state index contributed by atoms with van der Waals surface area (Å²) in [5.41, 5.74) is 8.05. The number of rotatable bonds is 2. The highest BCUT2D eigenvalue weighted by Crippen LogP contribution is 2.37. The second-order valence-corrected chi connectivity index (χ2v) is 13.3. The predicted octanol–water partition coefficient (Wildman–Crippen LogP) is 5.03.